The lowest BCUT2D eigenvalue weighted by molar-refractivity contribution is 0.477. The summed E-state index contributed by atoms with van der Waals surface area (Å²) in [4.78, 5) is 0. The molecule has 0 amide bonds. The molecule has 62 valence electrons. The topological polar surface area (TPSA) is 0 Å². The summed E-state index contributed by atoms with van der Waals surface area (Å²) in [5.41, 5.74) is 0.347. The van der Waals surface area contributed by atoms with Gasteiger partial charge in [-0.3, -0.25) is 0 Å². The highest BCUT2D eigenvalue weighted by Crippen LogP contribution is 2.46. The SMILES string of the molecule is [2H]CCP(C)(=S)CC(C)(C)C. The van der Waals surface area contributed by atoms with E-state index in [0.717, 1.165) is 12.3 Å². The minimum atomic E-state index is -1.17. The fraction of sp³-hybridized carbons (Fsp3) is 1.00. The van der Waals surface area contributed by atoms with Gasteiger partial charge in [-0.15, -0.1) is 0 Å². The van der Waals surface area contributed by atoms with E-state index in [-0.39, 0.29) is 0 Å². The Labute approximate surface area is 71.8 Å². The first-order valence-electron chi connectivity index (χ1n) is 4.32. The lowest BCUT2D eigenvalue weighted by atomic mass is 10.0. The van der Waals surface area contributed by atoms with Crippen molar-refractivity contribution < 1.29 is 1.37 Å². The smallest absolute Gasteiger partial charge is 0.0234 e. The normalized spacial score (nSPS) is 19.8. The van der Waals surface area contributed by atoms with Crippen LogP contribution in [0.1, 0.15) is 29.0 Å². The fourth-order valence-electron chi connectivity index (χ4n) is 1.08. The zero-order valence-electron chi connectivity index (χ0n) is 8.48. The molecule has 0 aromatic rings. The van der Waals surface area contributed by atoms with Crippen LogP contribution < -0.4 is 0 Å². The molecule has 0 radical (unpaired) electrons. The third kappa shape index (κ3) is 5.44. The summed E-state index contributed by atoms with van der Waals surface area (Å²) in [6.45, 7) is 9.36. The van der Waals surface area contributed by atoms with E-state index in [4.69, 9.17) is 13.2 Å². The van der Waals surface area contributed by atoms with Crippen LogP contribution in [0.25, 0.3) is 0 Å². The zero-order chi connectivity index (χ0) is 9.12. The maximum atomic E-state index is 7.13. The van der Waals surface area contributed by atoms with Crippen molar-refractivity contribution in [2.45, 2.75) is 27.7 Å². The lowest BCUT2D eigenvalue weighted by Gasteiger charge is -2.25. The molecule has 10 heavy (non-hydrogen) atoms. The largest absolute Gasteiger partial charge is 0.0978 e. The third-order valence-corrected chi connectivity index (χ3v) is 4.78. The van der Waals surface area contributed by atoms with Gasteiger partial charge >= 0.3 is 0 Å². The monoisotopic (exact) mass is 179 g/mol. The van der Waals surface area contributed by atoms with Crippen LogP contribution in [0.4, 0.5) is 0 Å². The van der Waals surface area contributed by atoms with E-state index in [0.29, 0.717) is 12.3 Å². The summed E-state index contributed by atoms with van der Waals surface area (Å²) >= 11 is 5.48. The molecule has 0 aliphatic carbocycles. The maximum absolute atomic E-state index is 7.13. The first kappa shape index (κ1) is 8.74. The third-order valence-electron chi connectivity index (χ3n) is 1.28. The molecule has 0 aliphatic rings. The second kappa shape index (κ2) is 3.36. The van der Waals surface area contributed by atoms with Gasteiger partial charge in [-0.05, 0) is 30.4 Å². The van der Waals surface area contributed by atoms with Gasteiger partial charge in [-0.25, -0.2) is 0 Å². The Morgan fingerprint density at radius 2 is 2.00 bits per heavy atom. The molecule has 0 saturated carbocycles. The Morgan fingerprint density at radius 1 is 1.50 bits per heavy atom. The van der Waals surface area contributed by atoms with Gasteiger partial charge in [0.25, 0.3) is 0 Å². The molecular weight excluding hydrogens is 159 g/mol. The Morgan fingerprint density at radius 3 is 2.30 bits per heavy atom. The van der Waals surface area contributed by atoms with E-state index in [9.17, 15) is 0 Å². The van der Waals surface area contributed by atoms with Gasteiger partial charge in [-0.2, -0.15) is 0 Å². The van der Waals surface area contributed by atoms with Crippen molar-refractivity contribution in [3.05, 3.63) is 0 Å². The lowest BCUT2D eigenvalue weighted by Crippen LogP contribution is -2.12. The predicted molar refractivity (Wildman–Crippen MR) is 55.1 cm³/mol. The molecule has 0 rings (SSSR count). The van der Waals surface area contributed by atoms with Crippen LogP contribution in [0.5, 0.6) is 0 Å². The van der Waals surface area contributed by atoms with E-state index in [1.165, 1.54) is 0 Å². The average Bonchev–Trinajstić information content (AvgIpc) is 1.55. The summed E-state index contributed by atoms with van der Waals surface area (Å²) in [7, 11) is 0. The Kier molecular flexibility index (Phi) is 2.94. The Bertz CT molecular complexity index is 160. The number of rotatable bonds is 2. The van der Waals surface area contributed by atoms with E-state index in [2.05, 4.69) is 27.4 Å². The first-order chi connectivity index (χ1) is 4.77. The molecule has 2 heteroatoms. The fourth-order valence-corrected chi connectivity index (χ4v) is 4.41. The minimum Gasteiger partial charge on any atom is -0.0978 e. The van der Waals surface area contributed by atoms with Crippen molar-refractivity contribution in [1.82, 2.24) is 0 Å². The molecule has 1 unspecified atom stereocenters. The summed E-state index contributed by atoms with van der Waals surface area (Å²) in [5.74, 6) is 0. The van der Waals surface area contributed by atoms with Gasteiger partial charge in [0.2, 0.25) is 0 Å². The molecular formula is C8H19PS. The van der Waals surface area contributed by atoms with E-state index in [1.807, 2.05) is 0 Å². The van der Waals surface area contributed by atoms with Crippen molar-refractivity contribution in [1.29, 1.82) is 0 Å². The minimum absolute atomic E-state index is 0.347. The van der Waals surface area contributed by atoms with Gasteiger partial charge in [-0.1, -0.05) is 39.5 Å². The van der Waals surface area contributed by atoms with Crippen LogP contribution in [0.3, 0.4) is 0 Å². The van der Waals surface area contributed by atoms with Gasteiger partial charge in [0.15, 0.2) is 0 Å². The Balaban J connectivity index is 4.03. The second-order valence-corrected chi connectivity index (χ2v) is 10.2. The first-order valence-corrected chi connectivity index (χ1v) is 7.24. The van der Waals surface area contributed by atoms with Crippen LogP contribution in [-0.2, 0) is 11.8 Å². The average molecular weight is 179 g/mol. The molecule has 0 bridgehead atoms. The molecule has 1 atom stereocenters. The van der Waals surface area contributed by atoms with Crippen molar-refractivity contribution in [2.75, 3.05) is 19.0 Å². The van der Waals surface area contributed by atoms with Gasteiger partial charge in [0.05, 0.1) is 0 Å². The van der Waals surface area contributed by atoms with Crippen molar-refractivity contribution in [2.24, 2.45) is 5.41 Å². The molecule has 0 N–H and O–H groups in total. The predicted octanol–water partition coefficient (Wildman–Crippen LogP) is 3.16. The highest BCUT2D eigenvalue weighted by atomic mass is 32.4. The maximum Gasteiger partial charge on any atom is 0.0234 e. The van der Waals surface area contributed by atoms with E-state index < -0.39 is 6.04 Å². The van der Waals surface area contributed by atoms with E-state index >= 15 is 0 Å². The quantitative estimate of drug-likeness (QED) is 0.587. The molecule has 0 heterocycles. The number of hydrogen-bond acceptors (Lipinski definition) is 1. The molecule has 0 spiro atoms. The van der Waals surface area contributed by atoms with Crippen molar-refractivity contribution >= 4 is 17.8 Å². The molecule has 0 nitrogen and oxygen atoms in total. The second-order valence-electron chi connectivity index (χ2n) is 4.24. The summed E-state index contributed by atoms with van der Waals surface area (Å²) < 4.78 is 7.13. The van der Waals surface area contributed by atoms with E-state index in [1.54, 1.807) is 0 Å². The van der Waals surface area contributed by atoms with Crippen molar-refractivity contribution in [3.63, 3.8) is 0 Å². The van der Waals surface area contributed by atoms with Crippen LogP contribution in [0, 0.1) is 5.41 Å². The molecule has 0 fully saturated rings. The summed E-state index contributed by atoms with van der Waals surface area (Å²) in [6, 6.07) is -1.17. The van der Waals surface area contributed by atoms with Crippen molar-refractivity contribution in [3.8, 4) is 0 Å². The van der Waals surface area contributed by atoms with Gasteiger partial charge in [0.1, 0.15) is 0 Å². The highest BCUT2D eigenvalue weighted by molar-refractivity contribution is 8.14. The van der Waals surface area contributed by atoms with Crippen LogP contribution >= 0.6 is 6.04 Å². The summed E-state index contributed by atoms with van der Waals surface area (Å²) in [5, 5.41) is 0. The molecule has 0 saturated heterocycles. The van der Waals surface area contributed by atoms with Gasteiger partial charge < -0.3 is 0 Å². The zero-order valence-corrected chi connectivity index (χ0v) is 9.19. The molecule has 0 aromatic heterocycles. The Hall–Kier alpha value is 0.650. The number of hydrogen-bond donors (Lipinski definition) is 0. The van der Waals surface area contributed by atoms with Crippen LogP contribution in [-0.4, -0.2) is 19.0 Å². The highest BCUT2D eigenvalue weighted by Gasteiger charge is 2.18. The molecule has 0 aromatic carbocycles. The van der Waals surface area contributed by atoms with Gasteiger partial charge in [0, 0.05) is 1.37 Å². The summed E-state index contributed by atoms with van der Waals surface area (Å²) in [6.07, 6.45) is 2.08. The van der Waals surface area contributed by atoms with Crippen LogP contribution in [0.15, 0.2) is 0 Å². The van der Waals surface area contributed by atoms with Crippen LogP contribution in [0.2, 0.25) is 0 Å². The standard InChI is InChI=1S/C8H19PS/c1-6-9(5,10)7-8(2,3)4/h6-7H2,1-5H3/i1D. The molecule has 0 aliphatic heterocycles.